The quantitative estimate of drug-likeness (QED) is 0.507. The Morgan fingerprint density at radius 2 is 2.04 bits per heavy atom. The number of hydrogen-bond donors (Lipinski definition) is 0. The Hall–Kier alpha value is -2.68. The standard InChI is InChI=1S/C18H15F3N4OS/c1-23-13(7-15(26)24-5-4-22-9-24)14-6-10(8-25(14)18(23)27)16-11(19)2-3-12(20)17(16)21/h2-5,9-10H,6-8H2,1H3/t10-/m0/s1. The zero-order valence-corrected chi connectivity index (χ0v) is 15.1. The highest BCUT2D eigenvalue weighted by Gasteiger charge is 2.33. The lowest BCUT2D eigenvalue weighted by molar-refractivity contribution is 0.0911. The second-order valence-electron chi connectivity index (χ2n) is 6.54. The van der Waals surface area contributed by atoms with E-state index in [9.17, 15) is 18.0 Å². The van der Waals surface area contributed by atoms with Gasteiger partial charge in [-0.25, -0.2) is 18.2 Å². The van der Waals surface area contributed by atoms with Crippen LogP contribution < -0.4 is 0 Å². The Morgan fingerprint density at radius 3 is 2.74 bits per heavy atom. The fourth-order valence-electron chi connectivity index (χ4n) is 3.67. The molecule has 0 aliphatic carbocycles. The van der Waals surface area contributed by atoms with E-state index in [1.54, 1.807) is 22.4 Å². The van der Waals surface area contributed by atoms with E-state index in [2.05, 4.69) is 4.98 Å². The molecule has 0 unspecified atom stereocenters. The van der Waals surface area contributed by atoms with E-state index in [4.69, 9.17) is 12.2 Å². The van der Waals surface area contributed by atoms with Gasteiger partial charge in [0.05, 0.1) is 6.42 Å². The van der Waals surface area contributed by atoms with E-state index in [0.717, 1.165) is 17.8 Å². The fourth-order valence-corrected chi connectivity index (χ4v) is 3.96. The maximum atomic E-state index is 14.2. The van der Waals surface area contributed by atoms with E-state index < -0.39 is 23.4 Å². The number of imidazole rings is 2. The first kappa shape index (κ1) is 17.7. The van der Waals surface area contributed by atoms with Crippen molar-refractivity contribution in [1.82, 2.24) is 18.7 Å². The van der Waals surface area contributed by atoms with Crippen LogP contribution in [0.1, 0.15) is 27.7 Å². The van der Waals surface area contributed by atoms with Crippen molar-refractivity contribution in [2.75, 3.05) is 0 Å². The van der Waals surface area contributed by atoms with Gasteiger partial charge >= 0.3 is 0 Å². The van der Waals surface area contributed by atoms with Gasteiger partial charge in [0.2, 0.25) is 5.91 Å². The second kappa shape index (κ2) is 6.49. The van der Waals surface area contributed by atoms with Crippen molar-refractivity contribution in [1.29, 1.82) is 0 Å². The minimum absolute atomic E-state index is 0.0691. The number of hydrogen-bond acceptors (Lipinski definition) is 3. The summed E-state index contributed by atoms with van der Waals surface area (Å²) in [6.07, 6.45) is 4.81. The third-order valence-electron chi connectivity index (χ3n) is 5.02. The number of benzene rings is 1. The number of nitrogens with zero attached hydrogens (tertiary/aromatic N) is 4. The average Bonchev–Trinajstić information content (AvgIpc) is 3.35. The third kappa shape index (κ3) is 2.82. The smallest absolute Gasteiger partial charge is 0.237 e. The first-order valence-corrected chi connectivity index (χ1v) is 8.71. The van der Waals surface area contributed by atoms with E-state index in [-0.39, 0.29) is 30.9 Å². The molecule has 27 heavy (non-hydrogen) atoms. The highest BCUT2D eigenvalue weighted by Crippen LogP contribution is 2.36. The molecule has 5 nitrogen and oxygen atoms in total. The lowest BCUT2D eigenvalue weighted by Gasteiger charge is -2.13. The monoisotopic (exact) mass is 392 g/mol. The Bertz CT molecular complexity index is 1100. The summed E-state index contributed by atoms with van der Waals surface area (Å²) in [4.78, 5) is 16.3. The van der Waals surface area contributed by atoms with Gasteiger partial charge in [-0.1, -0.05) is 0 Å². The molecule has 0 spiro atoms. The number of carbonyl (C=O) groups excluding carboxylic acids is 1. The number of halogens is 3. The molecule has 3 heterocycles. The topological polar surface area (TPSA) is 44.8 Å². The summed E-state index contributed by atoms with van der Waals surface area (Å²) in [6.45, 7) is 0.235. The second-order valence-corrected chi connectivity index (χ2v) is 6.91. The Morgan fingerprint density at radius 1 is 1.30 bits per heavy atom. The van der Waals surface area contributed by atoms with Crippen LogP contribution in [0, 0.1) is 22.2 Å². The molecular weight excluding hydrogens is 377 g/mol. The molecule has 140 valence electrons. The molecule has 0 radical (unpaired) electrons. The number of carbonyl (C=O) groups is 1. The summed E-state index contributed by atoms with van der Waals surface area (Å²) in [5, 5.41) is 0. The van der Waals surface area contributed by atoms with Gasteiger partial charge in [-0.2, -0.15) is 0 Å². The highest BCUT2D eigenvalue weighted by atomic mass is 32.1. The Labute approximate surface area is 157 Å². The maximum absolute atomic E-state index is 14.2. The Kier molecular flexibility index (Phi) is 4.26. The summed E-state index contributed by atoms with van der Waals surface area (Å²) in [5.41, 5.74) is 1.14. The van der Waals surface area contributed by atoms with Gasteiger partial charge < -0.3 is 9.13 Å². The van der Waals surface area contributed by atoms with E-state index in [1.165, 1.54) is 17.1 Å². The molecule has 4 rings (SSSR count). The maximum Gasteiger partial charge on any atom is 0.237 e. The molecule has 0 N–H and O–H groups in total. The molecule has 0 fully saturated rings. The van der Waals surface area contributed by atoms with E-state index in [1.807, 2.05) is 0 Å². The van der Waals surface area contributed by atoms with Gasteiger partial charge in [0, 0.05) is 48.9 Å². The van der Waals surface area contributed by atoms with Gasteiger partial charge in [-0.3, -0.25) is 9.36 Å². The van der Waals surface area contributed by atoms with Crippen molar-refractivity contribution >= 4 is 18.1 Å². The highest BCUT2D eigenvalue weighted by molar-refractivity contribution is 7.71. The largest absolute Gasteiger partial charge is 0.323 e. The molecule has 3 aromatic rings. The van der Waals surface area contributed by atoms with Gasteiger partial charge in [0.25, 0.3) is 0 Å². The first-order chi connectivity index (χ1) is 12.9. The molecule has 2 aromatic heterocycles. The van der Waals surface area contributed by atoms with Crippen molar-refractivity contribution in [3.05, 3.63) is 70.0 Å². The van der Waals surface area contributed by atoms with Crippen molar-refractivity contribution in [3.63, 3.8) is 0 Å². The predicted molar refractivity (Wildman–Crippen MR) is 93.6 cm³/mol. The molecule has 0 amide bonds. The summed E-state index contributed by atoms with van der Waals surface area (Å²) in [5.74, 6) is -3.81. The summed E-state index contributed by atoms with van der Waals surface area (Å²) in [6, 6.07) is 1.70. The van der Waals surface area contributed by atoms with E-state index in [0.29, 0.717) is 10.5 Å². The van der Waals surface area contributed by atoms with Gasteiger partial charge in [0.15, 0.2) is 16.4 Å². The summed E-state index contributed by atoms with van der Waals surface area (Å²) in [7, 11) is 1.75. The zero-order chi connectivity index (χ0) is 19.3. The van der Waals surface area contributed by atoms with Crippen LogP contribution in [-0.4, -0.2) is 24.6 Å². The Balaban J connectivity index is 1.70. The predicted octanol–water partition coefficient (Wildman–Crippen LogP) is 3.39. The van der Waals surface area contributed by atoms with Crippen molar-refractivity contribution in [2.45, 2.75) is 25.3 Å². The van der Waals surface area contributed by atoms with Gasteiger partial charge in [0.1, 0.15) is 12.1 Å². The first-order valence-electron chi connectivity index (χ1n) is 8.30. The van der Waals surface area contributed by atoms with Crippen LogP contribution in [0.4, 0.5) is 13.2 Å². The van der Waals surface area contributed by atoms with Crippen LogP contribution in [0.25, 0.3) is 0 Å². The third-order valence-corrected chi connectivity index (χ3v) is 5.52. The van der Waals surface area contributed by atoms with Crippen molar-refractivity contribution in [3.8, 4) is 0 Å². The van der Waals surface area contributed by atoms with Gasteiger partial charge in [-0.15, -0.1) is 0 Å². The molecule has 1 aliphatic rings. The number of rotatable bonds is 3. The van der Waals surface area contributed by atoms with Crippen LogP contribution in [0.2, 0.25) is 0 Å². The molecule has 1 atom stereocenters. The van der Waals surface area contributed by atoms with Crippen molar-refractivity contribution < 1.29 is 18.0 Å². The van der Waals surface area contributed by atoms with Gasteiger partial charge in [-0.05, 0) is 30.8 Å². The minimum atomic E-state index is -1.17. The molecule has 0 saturated heterocycles. The zero-order valence-electron chi connectivity index (χ0n) is 14.3. The number of aromatic nitrogens is 4. The lowest BCUT2D eigenvalue weighted by Crippen LogP contribution is -2.15. The normalized spacial score (nSPS) is 15.9. The number of fused-ring (bicyclic) bond motifs is 1. The van der Waals surface area contributed by atoms with Crippen LogP contribution in [-0.2, 0) is 26.4 Å². The fraction of sp³-hybridized carbons (Fsp3) is 0.278. The molecular formula is C18H15F3N4OS. The van der Waals surface area contributed by atoms with Crippen molar-refractivity contribution in [2.24, 2.45) is 7.05 Å². The summed E-state index contributed by atoms with van der Waals surface area (Å²) < 4.78 is 47.3. The van der Waals surface area contributed by atoms with Crippen LogP contribution >= 0.6 is 12.2 Å². The van der Waals surface area contributed by atoms with Crippen LogP contribution in [0.5, 0.6) is 0 Å². The minimum Gasteiger partial charge on any atom is -0.323 e. The molecule has 9 heteroatoms. The summed E-state index contributed by atoms with van der Waals surface area (Å²) >= 11 is 5.42. The SMILES string of the molecule is Cn1c(CC(=O)n2ccnc2)c2n(c1=S)C[C@@H](c1c(F)ccc(F)c1F)C2. The lowest BCUT2D eigenvalue weighted by atomic mass is 9.95. The average molecular weight is 392 g/mol. The van der Waals surface area contributed by atoms with Crippen LogP contribution in [0.3, 0.4) is 0 Å². The molecule has 0 saturated carbocycles. The van der Waals surface area contributed by atoms with Crippen LogP contribution in [0.15, 0.2) is 30.9 Å². The molecule has 0 bridgehead atoms. The molecule has 1 aliphatic heterocycles. The molecule has 1 aromatic carbocycles. The van der Waals surface area contributed by atoms with E-state index >= 15 is 0 Å².